The molecule has 2 heterocycles. The Kier molecular flexibility index (Phi) is 6.70. The van der Waals surface area contributed by atoms with Crippen molar-refractivity contribution < 1.29 is 29.9 Å². The molecule has 0 spiro atoms. The highest BCUT2D eigenvalue weighted by Gasteiger charge is 2.38. The average Bonchev–Trinajstić information content (AvgIpc) is 2.69. The molecule has 2 aliphatic heterocycles. The Balaban J connectivity index is 0.000000421. The molecule has 6 nitrogen and oxygen atoms in total. The van der Waals surface area contributed by atoms with Crippen LogP contribution in [0.4, 0.5) is 0 Å². The molecule has 0 aromatic heterocycles. The molecular formula is C12H26O6. The lowest BCUT2D eigenvalue weighted by Crippen LogP contribution is -2.30. The lowest BCUT2D eigenvalue weighted by atomic mass is 10.1. The second kappa shape index (κ2) is 6.79. The van der Waals surface area contributed by atoms with Crippen LogP contribution in [0.1, 0.15) is 40.5 Å². The van der Waals surface area contributed by atoms with Gasteiger partial charge in [-0.3, -0.25) is 0 Å². The van der Waals surface area contributed by atoms with Crippen molar-refractivity contribution in [3.63, 3.8) is 0 Å². The molecule has 0 aromatic carbocycles. The summed E-state index contributed by atoms with van der Waals surface area (Å²) < 4.78 is 16.7. The van der Waals surface area contributed by atoms with Crippen LogP contribution in [0.3, 0.4) is 0 Å². The van der Waals surface area contributed by atoms with Gasteiger partial charge < -0.3 is 29.9 Å². The van der Waals surface area contributed by atoms with Gasteiger partial charge in [-0.1, -0.05) is 0 Å². The molecule has 2 rings (SSSR count). The summed E-state index contributed by atoms with van der Waals surface area (Å²) in [6.45, 7) is 8.05. The second-order valence-corrected chi connectivity index (χ2v) is 5.41. The van der Waals surface area contributed by atoms with Crippen LogP contribution in [-0.4, -0.2) is 52.7 Å². The molecule has 6 heteroatoms. The van der Waals surface area contributed by atoms with E-state index in [2.05, 4.69) is 0 Å². The number of hydrogen-bond acceptors (Lipinski definition) is 5. The summed E-state index contributed by atoms with van der Waals surface area (Å²) in [4.78, 5) is 0. The fourth-order valence-corrected chi connectivity index (χ4v) is 1.79. The van der Waals surface area contributed by atoms with Gasteiger partial charge in [0.05, 0.1) is 12.7 Å². The number of hydrogen-bond donors (Lipinski definition) is 2. The summed E-state index contributed by atoms with van der Waals surface area (Å²) in [6, 6.07) is 0. The molecule has 0 saturated carbocycles. The van der Waals surface area contributed by atoms with Crippen molar-refractivity contribution in [2.45, 2.75) is 64.3 Å². The maximum atomic E-state index is 8.08. The topological polar surface area (TPSA) is 99.7 Å². The highest BCUT2D eigenvalue weighted by molar-refractivity contribution is 4.81. The van der Waals surface area contributed by atoms with Crippen molar-refractivity contribution in [3.05, 3.63) is 0 Å². The molecule has 0 bridgehead atoms. The Bertz CT molecular complexity index is 223. The summed E-state index contributed by atoms with van der Waals surface area (Å²) in [5.74, 6) is -1.91. The quantitative estimate of drug-likeness (QED) is 0.660. The third-order valence-electron chi connectivity index (χ3n) is 2.41. The third kappa shape index (κ3) is 7.25. The van der Waals surface area contributed by atoms with Gasteiger partial charge in [-0.05, 0) is 40.5 Å². The van der Waals surface area contributed by atoms with E-state index >= 15 is 0 Å². The van der Waals surface area contributed by atoms with Crippen LogP contribution in [0, 0.1) is 0 Å². The van der Waals surface area contributed by atoms with Crippen LogP contribution >= 0.6 is 0 Å². The molecule has 0 aliphatic carbocycles. The van der Waals surface area contributed by atoms with E-state index in [0.717, 1.165) is 19.4 Å². The van der Waals surface area contributed by atoms with Crippen LogP contribution in [0.25, 0.3) is 0 Å². The highest BCUT2D eigenvalue weighted by Crippen LogP contribution is 2.28. The Labute approximate surface area is 108 Å². The van der Waals surface area contributed by atoms with Crippen molar-refractivity contribution >= 4 is 0 Å². The van der Waals surface area contributed by atoms with Gasteiger partial charge in [0.25, 0.3) is 0 Å². The number of aliphatic hydroxyl groups is 2. The van der Waals surface area contributed by atoms with Gasteiger partial charge in [0.1, 0.15) is 6.10 Å². The number of rotatable bonds is 1. The molecule has 2 atom stereocenters. The largest absolute Gasteiger partial charge is 0.412 e. The minimum absolute atomic E-state index is 0. The predicted molar refractivity (Wildman–Crippen MR) is 66.0 cm³/mol. The zero-order valence-corrected chi connectivity index (χ0v) is 11.6. The van der Waals surface area contributed by atoms with E-state index < -0.39 is 11.6 Å². The van der Waals surface area contributed by atoms with Gasteiger partial charge in [-0.2, -0.15) is 0 Å². The first-order valence-corrected chi connectivity index (χ1v) is 6.05. The fourth-order valence-electron chi connectivity index (χ4n) is 1.79. The lowest BCUT2D eigenvalue weighted by molar-refractivity contribution is -0.151. The maximum absolute atomic E-state index is 8.08. The lowest BCUT2D eigenvalue weighted by Gasteiger charge is -2.20. The Morgan fingerprint density at radius 2 is 1.72 bits per heavy atom. The van der Waals surface area contributed by atoms with Crippen LogP contribution < -0.4 is 0 Å². The average molecular weight is 266 g/mol. The van der Waals surface area contributed by atoms with Gasteiger partial charge in [-0.15, -0.1) is 0 Å². The van der Waals surface area contributed by atoms with E-state index in [4.69, 9.17) is 24.4 Å². The summed E-state index contributed by atoms with van der Waals surface area (Å²) in [7, 11) is 0. The molecule has 0 radical (unpaired) electrons. The van der Waals surface area contributed by atoms with Crippen molar-refractivity contribution in [3.8, 4) is 0 Å². The predicted octanol–water partition coefficient (Wildman–Crippen LogP) is 0.199. The Morgan fingerprint density at radius 1 is 1.17 bits per heavy atom. The first-order valence-electron chi connectivity index (χ1n) is 6.05. The summed E-state index contributed by atoms with van der Waals surface area (Å²) in [5.41, 5.74) is 0. The zero-order valence-electron chi connectivity index (χ0n) is 11.6. The highest BCUT2D eigenvalue weighted by atomic mass is 16.7. The Morgan fingerprint density at radius 3 is 2.06 bits per heavy atom. The molecule has 2 fully saturated rings. The van der Waals surface area contributed by atoms with Gasteiger partial charge in [0.15, 0.2) is 11.6 Å². The maximum Gasteiger partial charge on any atom is 0.163 e. The molecule has 18 heavy (non-hydrogen) atoms. The van der Waals surface area contributed by atoms with Crippen molar-refractivity contribution in [1.29, 1.82) is 0 Å². The van der Waals surface area contributed by atoms with E-state index in [9.17, 15) is 0 Å². The van der Waals surface area contributed by atoms with E-state index in [-0.39, 0.29) is 17.7 Å². The van der Waals surface area contributed by atoms with E-state index in [1.165, 1.54) is 13.8 Å². The zero-order chi connectivity index (χ0) is 13.1. The smallest absolute Gasteiger partial charge is 0.163 e. The van der Waals surface area contributed by atoms with E-state index in [1.807, 2.05) is 13.8 Å². The molecule has 2 saturated heterocycles. The molecule has 2 aliphatic rings. The van der Waals surface area contributed by atoms with Crippen LogP contribution in [0.15, 0.2) is 0 Å². The first-order chi connectivity index (χ1) is 7.67. The minimum Gasteiger partial charge on any atom is -0.412 e. The van der Waals surface area contributed by atoms with Crippen molar-refractivity contribution in [1.82, 2.24) is 0 Å². The van der Waals surface area contributed by atoms with Gasteiger partial charge >= 0.3 is 0 Å². The van der Waals surface area contributed by atoms with E-state index in [0.29, 0.717) is 6.61 Å². The monoisotopic (exact) mass is 266 g/mol. The van der Waals surface area contributed by atoms with Gasteiger partial charge in [0, 0.05) is 6.61 Å². The summed E-state index contributed by atoms with van der Waals surface area (Å²) in [5, 5.41) is 16.2. The third-order valence-corrected chi connectivity index (χ3v) is 2.41. The molecule has 1 unspecified atom stereocenters. The Hall–Kier alpha value is -0.240. The van der Waals surface area contributed by atoms with Crippen LogP contribution in [0.5, 0.6) is 0 Å². The van der Waals surface area contributed by atoms with Crippen LogP contribution in [-0.2, 0) is 14.2 Å². The standard InChI is InChI=1S/C9H16O3.C3H8O2.H2O/c1-9(2)11-6-8(12-9)7-4-3-5-10-7;1-3(2,4)5;/h7-8H,3-6H2,1-2H3;4-5H,1-2H3;1H2/t7-,8?;;/m0../s1. The minimum atomic E-state index is -1.50. The molecule has 4 N–H and O–H groups in total. The van der Waals surface area contributed by atoms with Crippen molar-refractivity contribution in [2.75, 3.05) is 13.2 Å². The fraction of sp³-hybridized carbons (Fsp3) is 1.00. The molecule has 110 valence electrons. The van der Waals surface area contributed by atoms with Crippen molar-refractivity contribution in [2.24, 2.45) is 0 Å². The molecular weight excluding hydrogens is 240 g/mol. The summed E-state index contributed by atoms with van der Waals surface area (Å²) >= 11 is 0. The SMILES string of the molecule is CC(C)(O)O.CC1(C)OCC([C@@H]2CCCO2)O1.O. The molecule has 0 amide bonds. The van der Waals surface area contributed by atoms with E-state index in [1.54, 1.807) is 0 Å². The van der Waals surface area contributed by atoms with Gasteiger partial charge in [0.2, 0.25) is 0 Å². The van der Waals surface area contributed by atoms with Crippen LogP contribution in [0.2, 0.25) is 0 Å². The van der Waals surface area contributed by atoms with Gasteiger partial charge in [-0.25, -0.2) is 0 Å². The normalized spacial score (nSPS) is 30.3. The first kappa shape index (κ1) is 17.8. The molecule has 0 aromatic rings. The summed E-state index contributed by atoms with van der Waals surface area (Å²) in [6.07, 6.45) is 2.70. The second-order valence-electron chi connectivity index (χ2n) is 5.41. The number of ether oxygens (including phenoxy) is 3.